The maximum absolute atomic E-state index is 5.56. The van der Waals surface area contributed by atoms with Gasteiger partial charge in [0.2, 0.25) is 0 Å². The second-order valence-corrected chi connectivity index (χ2v) is 9.54. The maximum Gasteiger partial charge on any atom is 0.138 e. The molecule has 2 rings (SSSR count). The van der Waals surface area contributed by atoms with E-state index in [2.05, 4.69) is 33.4 Å². The Morgan fingerprint density at radius 1 is 0.750 bits per heavy atom. The van der Waals surface area contributed by atoms with Crippen molar-refractivity contribution in [1.82, 2.24) is 19.6 Å². The Balaban J connectivity index is 1.79. The van der Waals surface area contributed by atoms with E-state index in [-0.39, 0.29) is 0 Å². The molecule has 0 bridgehead atoms. The Morgan fingerprint density at radius 3 is 1.54 bits per heavy atom. The van der Waals surface area contributed by atoms with Crippen LogP contribution in [0.3, 0.4) is 0 Å². The van der Waals surface area contributed by atoms with Gasteiger partial charge >= 0.3 is 0 Å². The lowest BCUT2D eigenvalue weighted by molar-refractivity contribution is 0.175. The summed E-state index contributed by atoms with van der Waals surface area (Å²) in [6, 6.07) is 0. The third-order valence-electron chi connectivity index (χ3n) is 4.29. The molecule has 138 valence electrons. The molecule has 0 aromatic heterocycles. The molecule has 0 aromatic carbocycles. The maximum atomic E-state index is 5.56. The van der Waals surface area contributed by atoms with Gasteiger partial charge in [0.15, 0.2) is 0 Å². The van der Waals surface area contributed by atoms with Gasteiger partial charge in [-0.05, 0) is 12.8 Å². The van der Waals surface area contributed by atoms with Gasteiger partial charge in [-0.25, -0.2) is 0 Å². The van der Waals surface area contributed by atoms with Crippen LogP contribution in [-0.2, 0) is 0 Å². The third-order valence-corrected chi connectivity index (χ3v) is 7.52. The van der Waals surface area contributed by atoms with E-state index in [1.165, 1.54) is 38.8 Å². The normalized spacial score (nSPS) is 20.9. The predicted molar refractivity (Wildman–Crippen MR) is 116 cm³/mol. The first-order valence-electron chi connectivity index (χ1n) is 8.92. The second-order valence-electron chi connectivity index (χ2n) is 6.38. The Morgan fingerprint density at radius 2 is 1.17 bits per heavy atom. The highest BCUT2D eigenvalue weighted by Gasteiger charge is 2.24. The average molecular weight is 407 g/mol. The first-order chi connectivity index (χ1) is 11.6. The van der Waals surface area contributed by atoms with Crippen LogP contribution in [0, 0.1) is 0 Å². The molecule has 2 heterocycles. The third kappa shape index (κ3) is 6.61. The fourth-order valence-electron chi connectivity index (χ4n) is 2.75. The van der Waals surface area contributed by atoms with Gasteiger partial charge in [0, 0.05) is 26.2 Å². The van der Waals surface area contributed by atoms with Crippen LogP contribution in [0.4, 0.5) is 0 Å². The molecule has 0 saturated carbocycles. The molecule has 0 N–H and O–H groups in total. The van der Waals surface area contributed by atoms with Crippen LogP contribution in [-0.4, -0.2) is 79.5 Å². The van der Waals surface area contributed by atoms with Crippen molar-refractivity contribution in [3.8, 4) is 0 Å². The second kappa shape index (κ2) is 11.2. The molecular weight excluding hydrogens is 376 g/mol. The van der Waals surface area contributed by atoms with E-state index in [1.807, 2.05) is 0 Å². The zero-order valence-electron chi connectivity index (χ0n) is 14.9. The van der Waals surface area contributed by atoms with Crippen LogP contribution in [0.25, 0.3) is 0 Å². The molecule has 0 amide bonds. The van der Waals surface area contributed by atoms with E-state index in [4.69, 9.17) is 24.4 Å². The molecule has 2 fully saturated rings. The summed E-state index contributed by atoms with van der Waals surface area (Å²) in [5, 5.41) is 0. The summed E-state index contributed by atoms with van der Waals surface area (Å²) in [7, 11) is 0. The number of unbranched alkanes of at least 4 members (excludes halogenated alkanes) is 2. The molecule has 0 radical (unpaired) electrons. The Hall–Kier alpha value is 0.400. The van der Waals surface area contributed by atoms with Crippen LogP contribution >= 0.6 is 48.0 Å². The predicted octanol–water partition coefficient (Wildman–Crippen LogP) is 3.69. The number of thioether (sulfide) groups is 2. The Kier molecular flexibility index (Phi) is 9.65. The smallest absolute Gasteiger partial charge is 0.138 e. The number of hydrogen-bond donors (Lipinski definition) is 0. The minimum atomic E-state index is 0.969. The Labute approximate surface area is 166 Å². The van der Waals surface area contributed by atoms with Crippen molar-refractivity contribution in [1.29, 1.82) is 0 Å². The summed E-state index contributed by atoms with van der Waals surface area (Å²) in [5.41, 5.74) is 0. The monoisotopic (exact) mass is 406 g/mol. The molecule has 0 spiro atoms. The first-order valence-corrected chi connectivity index (χ1v) is 11.7. The average Bonchev–Trinajstić information content (AvgIpc) is 2.59. The Bertz CT molecular complexity index is 383. The van der Waals surface area contributed by atoms with E-state index >= 15 is 0 Å². The standard InChI is InChI=1S/C16H30N4S4/c1-3-5-7-17-11-19(15(21)23-13-17)9-10-20-12-18(8-6-4-2)14-24-16(20)22/h3-14H2,1-2H3. The first kappa shape index (κ1) is 20.7. The lowest BCUT2D eigenvalue weighted by atomic mass is 10.3. The molecule has 0 atom stereocenters. The molecule has 24 heavy (non-hydrogen) atoms. The number of nitrogens with zero attached hydrogens (tertiary/aromatic N) is 4. The highest BCUT2D eigenvalue weighted by Crippen LogP contribution is 2.21. The molecule has 2 saturated heterocycles. The lowest BCUT2D eigenvalue weighted by Crippen LogP contribution is -2.51. The summed E-state index contributed by atoms with van der Waals surface area (Å²) in [6.45, 7) is 10.7. The van der Waals surface area contributed by atoms with E-state index in [0.29, 0.717) is 0 Å². The van der Waals surface area contributed by atoms with Crippen LogP contribution in [0.1, 0.15) is 39.5 Å². The van der Waals surface area contributed by atoms with Crippen LogP contribution < -0.4 is 0 Å². The fourth-order valence-corrected chi connectivity index (χ4v) is 5.04. The van der Waals surface area contributed by atoms with Crippen LogP contribution in [0.15, 0.2) is 0 Å². The lowest BCUT2D eigenvalue weighted by Gasteiger charge is -2.40. The fraction of sp³-hybridized carbons (Fsp3) is 0.875. The molecule has 0 aromatic rings. The minimum Gasteiger partial charge on any atom is -0.343 e. The molecule has 0 aliphatic carbocycles. The van der Waals surface area contributed by atoms with Crippen LogP contribution in [0.2, 0.25) is 0 Å². The zero-order chi connectivity index (χ0) is 17.4. The number of thiocarbonyl (C=S) groups is 2. The SMILES string of the molecule is CCCCN1CSC(=S)N(CCN2CN(CCCC)CSC2=S)C1. The largest absolute Gasteiger partial charge is 0.343 e. The van der Waals surface area contributed by atoms with Gasteiger partial charge in [0.25, 0.3) is 0 Å². The molecular formula is C16H30N4S4. The topological polar surface area (TPSA) is 13.0 Å². The van der Waals surface area contributed by atoms with Crippen molar-refractivity contribution in [2.24, 2.45) is 0 Å². The van der Waals surface area contributed by atoms with Gasteiger partial charge in [-0.1, -0.05) is 74.6 Å². The van der Waals surface area contributed by atoms with Gasteiger partial charge in [-0.2, -0.15) is 0 Å². The van der Waals surface area contributed by atoms with Crippen molar-refractivity contribution in [3.63, 3.8) is 0 Å². The molecule has 2 aliphatic rings. The van der Waals surface area contributed by atoms with Crippen molar-refractivity contribution in [2.75, 3.05) is 51.3 Å². The highest BCUT2D eigenvalue weighted by molar-refractivity contribution is 8.23. The van der Waals surface area contributed by atoms with Gasteiger partial charge in [0.1, 0.15) is 8.64 Å². The quantitative estimate of drug-likeness (QED) is 0.531. The molecule has 2 aliphatic heterocycles. The highest BCUT2D eigenvalue weighted by atomic mass is 32.2. The van der Waals surface area contributed by atoms with Gasteiger partial charge in [0.05, 0.1) is 25.1 Å². The van der Waals surface area contributed by atoms with Gasteiger partial charge < -0.3 is 9.80 Å². The van der Waals surface area contributed by atoms with Crippen molar-refractivity contribution in [2.45, 2.75) is 39.5 Å². The summed E-state index contributed by atoms with van der Waals surface area (Å²) >= 11 is 14.7. The molecule has 0 unspecified atom stereocenters. The summed E-state index contributed by atoms with van der Waals surface area (Å²) < 4.78 is 2.09. The summed E-state index contributed by atoms with van der Waals surface area (Å²) in [5.74, 6) is 2.08. The van der Waals surface area contributed by atoms with E-state index in [9.17, 15) is 0 Å². The van der Waals surface area contributed by atoms with E-state index in [0.717, 1.165) is 46.8 Å². The number of rotatable bonds is 9. The van der Waals surface area contributed by atoms with Crippen molar-refractivity contribution < 1.29 is 0 Å². The van der Waals surface area contributed by atoms with Crippen LogP contribution in [0.5, 0.6) is 0 Å². The minimum absolute atomic E-state index is 0.969. The molecule has 4 nitrogen and oxygen atoms in total. The van der Waals surface area contributed by atoms with E-state index in [1.54, 1.807) is 23.5 Å². The van der Waals surface area contributed by atoms with Gasteiger partial charge in [-0.15, -0.1) is 0 Å². The van der Waals surface area contributed by atoms with Crippen molar-refractivity contribution in [3.05, 3.63) is 0 Å². The molecule has 8 heteroatoms. The number of hydrogen-bond acceptors (Lipinski definition) is 6. The van der Waals surface area contributed by atoms with Gasteiger partial charge in [-0.3, -0.25) is 9.80 Å². The summed E-state index contributed by atoms with van der Waals surface area (Å²) in [6.07, 6.45) is 5.03. The van der Waals surface area contributed by atoms with Crippen molar-refractivity contribution >= 4 is 56.6 Å². The zero-order valence-corrected chi connectivity index (χ0v) is 18.2. The summed E-state index contributed by atoms with van der Waals surface area (Å²) in [4.78, 5) is 9.69. The van der Waals surface area contributed by atoms with E-state index < -0.39 is 0 Å².